The summed E-state index contributed by atoms with van der Waals surface area (Å²) in [6.45, 7) is 0. The molecule has 0 saturated heterocycles. The Morgan fingerprint density at radius 2 is 1.93 bits per heavy atom. The van der Waals surface area contributed by atoms with Crippen molar-refractivity contribution in [1.29, 1.82) is 0 Å². The molecule has 0 unspecified atom stereocenters. The maximum atomic E-state index is 12.0. The number of pyridine rings is 1. The standard InChI is InChI=1S/C6H5F3N2O2S/c7-6(8,9)14(12,13)4-1-2-11-5(10)3-4/h1-3H,(H2,10,11). The molecule has 1 aromatic heterocycles. The smallest absolute Gasteiger partial charge is 0.384 e. The highest BCUT2D eigenvalue weighted by molar-refractivity contribution is 7.92. The first-order valence-corrected chi connectivity index (χ1v) is 4.76. The number of hydrogen-bond donors (Lipinski definition) is 1. The van der Waals surface area contributed by atoms with E-state index in [-0.39, 0.29) is 5.82 Å². The van der Waals surface area contributed by atoms with Gasteiger partial charge in [0.2, 0.25) is 0 Å². The lowest BCUT2D eigenvalue weighted by Crippen LogP contribution is -2.23. The van der Waals surface area contributed by atoms with E-state index in [9.17, 15) is 21.6 Å². The summed E-state index contributed by atoms with van der Waals surface area (Å²) >= 11 is 0. The fourth-order valence-electron chi connectivity index (χ4n) is 0.729. The van der Waals surface area contributed by atoms with Gasteiger partial charge in [0.05, 0.1) is 4.90 Å². The number of sulfone groups is 1. The van der Waals surface area contributed by atoms with Gasteiger partial charge in [0.25, 0.3) is 9.84 Å². The molecule has 0 atom stereocenters. The Kier molecular flexibility index (Phi) is 2.40. The summed E-state index contributed by atoms with van der Waals surface area (Å²) in [4.78, 5) is 2.48. The van der Waals surface area contributed by atoms with Crippen molar-refractivity contribution in [3.8, 4) is 0 Å². The van der Waals surface area contributed by atoms with Crippen molar-refractivity contribution in [2.75, 3.05) is 5.73 Å². The van der Waals surface area contributed by atoms with Crippen LogP contribution in [-0.2, 0) is 9.84 Å². The Balaban J connectivity index is 3.32. The summed E-state index contributed by atoms with van der Waals surface area (Å²) in [5.74, 6) is -0.282. The Hall–Kier alpha value is -1.31. The minimum atomic E-state index is -5.32. The first-order valence-electron chi connectivity index (χ1n) is 3.28. The van der Waals surface area contributed by atoms with Gasteiger partial charge in [-0.3, -0.25) is 0 Å². The molecule has 0 bridgehead atoms. The highest BCUT2D eigenvalue weighted by Gasteiger charge is 2.46. The highest BCUT2D eigenvalue weighted by atomic mass is 32.2. The number of nitrogens with zero attached hydrogens (tertiary/aromatic N) is 1. The van der Waals surface area contributed by atoms with Crippen molar-refractivity contribution in [3.05, 3.63) is 18.3 Å². The first-order chi connectivity index (χ1) is 6.25. The van der Waals surface area contributed by atoms with Gasteiger partial charge in [-0.2, -0.15) is 13.2 Å². The lowest BCUT2D eigenvalue weighted by molar-refractivity contribution is -0.0435. The van der Waals surface area contributed by atoms with Crippen LogP contribution in [0.5, 0.6) is 0 Å². The summed E-state index contributed by atoms with van der Waals surface area (Å²) < 4.78 is 57.6. The molecule has 14 heavy (non-hydrogen) atoms. The van der Waals surface area contributed by atoms with E-state index in [0.717, 1.165) is 12.3 Å². The molecule has 0 aliphatic carbocycles. The molecule has 0 aromatic carbocycles. The van der Waals surface area contributed by atoms with Crippen molar-refractivity contribution in [2.24, 2.45) is 0 Å². The van der Waals surface area contributed by atoms with E-state index in [1.165, 1.54) is 0 Å². The van der Waals surface area contributed by atoms with E-state index in [4.69, 9.17) is 5.73 Å². The molecule has 8 heteroatoms. The van der Waals surface area contributed by atoms with Crippen LogP contribution in [0, 0.1) is 0 Å². The number of rotatable bonds is 1. The van der Waals surface area contributed by atoms with Crippen molar-refractivity contribution in [3.63, 3.8) is 0 Å². The number of alkyl halides is 3. The first kappa shape index (κ1) is 10.8. The number of nitrogen functional groups attached to an aromatic ring is 1. The molecule has 0 aliphatic rings. The molecule has 1 rings (SSSR count). The quantitative estimate of drug-likeness (QED) is 0.773. The van der Waals surface area contributed by atoms with E-state index in [2.05, 4.69) is 4.98 Å². The van der Waals surface area contributed by atoms with E-state index in [1.807, 2.05) is 0 Å². The van der Waals surface area contributed by atoms with Crippen LogP contribution in [0.4, 0.5) is 19.0 Å². The number of hydrogen-bond acceptors (Lipinski definition) is 4. The van der Waals surface area contributed by atoms with Gasteiger partial charge >= 0.3 is 5.51 Å². The third-order valence-electron chi connectivity index (χ3n) is 1.37. The van der Waals surface area contributed by atoms with E-state index < -0.39 is 20.2 Å². The van der Waals surface area contributed by atoms with Crippen LogP contribution in [-0.4, -0.2) is 18.9 Å². The van der Waals surface area contributed by atoms with Crippen LogP contribution in [0.2, 0.25) is 0 Å². The lowest BCUT2D eigenvalue weighted by atomic mass is 10.5. The zero-order valence-electron chi connectivity index (χ0n) is 6.62. The van der Waals surface area contributed by atoms with Gasteiger partial charge in [-0.1, -0.05) is 0 Å². The average Bonchev–Trinajstić information content (AvgIpc) is 2.02. The van der Waals surface area contributed by atoms with Crippen LogP contribution >= 0.6 is 0 Å². The topological polar surface area (TPSA) is 73.1 Å². The van der Waals surface area contributed by atoms with E-state index in [1.54, 1.807) is 0 Å². The third-order valence-corrected chi connectivity index (χ3v) is 2.85. The zero-order valence-corrected chi connectivity index (χ0v) is 7.43. The van der Waals surface area contributed by atoms with Crippen molar-refractivity contribution in [1.82, 2.24) is 4.98 Å². The number of halogens is 3. The summed E-state index contributed by atoms with van der Waals surface area (Å²) in [5, 5.41) is 0. The van der Waals surface area contributed by atoms with Gasteiger partial charge in [-0.05, 0) is 12.1 Å². The normalized spacial score (nSPS) is 12.8. The molecule has 1 aromatic rings. The van der Waals surface area contributed by atoms with Crippen LogP contribution < -0.4 is 5.73 Å². The molecule has 0 aliphatic heterocycles. The summed E-state index contributed by atoms with van der Waals surface area (Å²) in [6.07, 6.45) is 0.897. The zero-order chi connectivity index (χ0) is 11.0. The summed E-state index contributed by atoms with van der Waals surface area (Å²) in [7, 11) is -5.32. The Morgan fingerprint density at radius 1 is 1.36 bits per heavy atom. The average molecular weight is 226 g/mol. The minimum Gasteiger partial charge on any atom is -0.384 e. The van der Waals surface area contributed by atoms with Gasteiger partial charge in [-0.25, -0.2) is 13.4 Å². The molecular formula is C6H5F3N2O2S. The predicted octanol–water partition coefficient (Wildman–Crippen LogP) is 0.957. The van der Waals surface area contributed by atoms with Crippen LogP contribution in [0.15, 0.2) is 23.2 Å². The van der Waals surface area contributed by atoms with E-state index >= 15 is 0 Å². The Labute approximate surface area is 77.5 Å². The van der Waals surface area contributed by atoms with Gasteiger partial charge in [0.15, 0.2) is 0 Å². The summed E-state index contributed by atoms with van der Waals surface area (Å²) in [5.41, 5.74) is -0.263. The molecule has 0 fully saturated rings. The fourth-order valence-corrected chi connectivity index (χ4v) is 1.51. The monoisotopic (exact) mass is 226 g/mol. The molecule has 2 N–H and O–H groups in total. The molecule has 0 amide bonds. The summed E-state index contributed by atoms with van der Waals surface area (Å²) in [6, 6.07) is 1.39. The number of nitrogens with two attached hydrogens (primary N) is 1. The lowest BCUT2D eigenvalue weighted by Gasteiger charge is -2.07. The second-order valence-electron chi connectivity index (χ2n) is 2.37. The molecule has 4 nitrogen and oxygen atoms in total. The Morgan fingerprint density at radius 3 is 2.36 bits per heavy atom. The van der Waals surface area contributed by atoms with Crippen molar-refractivity contribution >= 4 is 15.7 Å². The Bertz CT molecular complexity index is 441. The van der Waals surface area contributed by atoms with Crippen LogP contribution in [0.1, 0.15) is 0 Å². The largest absolute Gasteiger partial charge is 0.501 e. The molecule has 0 radical (unpaired) electrons. The predicted molar refractivity (Wildman–Crippen MR) is 41.9 cm³/mol. The SMILES string of the molecule is Nc1cc(S(=O)(=O)C(F)(F)F)ccn1. The highest BCUT2D eigenvalue weighted by Crippen LogP contribution is 2.30. The van der Waals surface area contributed by atoms with Gasteiger partial charge in [-0.15, -0.1) is 0 Å². The molecular weight excluding hydrogens is 221 g/mol. The van der Waals surface area contributed by atoms with Crippen molar-refractivity contribution in [2.45, 2.75) is 10.4 Å². The molecule has 78 valence electrons. The third kappa shape index (κ3) is 1.79. The second kappa shape index (κ2) is 3.12. The van der Waals surface area contributed by atoms with Crippen LogP contribution in [0.3, 0.4) is 0 Å². The van der Waals surface area contributed by atoms with Crippen LogP contribution in [0.25, 0.3) is 0 Å². The number of aromatic nitrogens is 1. The number of anilines is 1. The van der Waals surface area contributed by atoms with Crippen molar-refractivity contribution < 1.29 is 21.6 Å². The van der Waals surface area contributed by atoms with Gasteiger partial charge in [0, 0.05) is 6.20 Å². The maximum Gasteiger partial charge on any atom is 0.501 e. The second-order valence-corrected chi connectivity index (χ2v) is 4.31. The van der Waals surface area contributed by atoms with E-state index in [0.29, 0.717) is 6.07 Å². The molecule has 0 saturated carbocycles. The fraction of sp³-hybridized carbons (Fsp3) is 0.167. The molecule has 1 heterocycles. The minimum absolute atomic E-state index is 0.282. The molecule has 0 spiro atoms. The van der Waals surface area contributed by atoms with Gasteiger partial charge in [0.1, 0.15) is 5.82 Å². The maximum absolute atomic E-state index is 12.0. The van der Waals surface area contributed by atoms with Gasteiger partial charge < -0.3 is 5.73 Å².